The molecule has 5 nitrogen and oxygen atoms in total. The SMILES string of the molecule is CCc1nnc(COc2ccc(Cl)cc2[C@H](C)O)o1. The van der Waals surface area contributed by atoms with Crippen LogP contribution in [-0.2, 0) is 13.0 Å². The summed E-state index contributed by atoms with van der Waals surface area (Å²) in [5, 5.41) is 17.9. The Bertz CT molecular complexity index is 555. The molecule has 0 spiro atoms. The summed E-state index contributed by atoms with van der Waals surface area (Å²) in [5.41, 5.74) is 0.628. The third-order valence-corrected chi connectivity index (χ3v) is 2.82. The van der Waals surface area contributed by atoms with Gasteiger partial charge >= 0.3 is 0 Å². The van der Waals surface area contributed by atoms with Crippen molar-refractivity contribution in [3.63, 3.8) is 0 Å². The standard InChI is InChI=1S/C13H15ClN2O3/c1-3-12-15-16-13(19-12)7-18-11-5-4-9(14)6-10(11)8(2)17/h4-6,8,17H,3,7H2,1-2H3/t8-/m0/s1. The van der Waals surface area contributed by atoms with Gasteiger partial charge in [0.1, 0.15) is 5.75 Å². The van der Waals surface area contributed by atoms with Gasteiger partial charge in [-0.15, -0.1) is 10.2 Å². The van der Waals surface area contributed by atoms with Crippen molar-refractivity contribution in [2.45, 2.75) is 33.0 Å². The molecular weight excluding hydrogens is 268 g/mol. The Morgan fingerprint density at radius 1 is 1.37 bits per heavy atom. The molecule has 1 N–H and O–H groups in total. The molecule has 0 saturated heterocycles. The molecule has 1 heterocycles. The third kappa shape index (κ3) is 3.45. The van der Waals surface area contributed by atoms with E-state index in [4.69, 9.17) is 20.8 Å². The maximum atomic E-state index is 9.68. The average Bonchev–Trinajstić information content (AvgIpc) is 2.85. The maximum absolute atomic E-state index is 9.68. The predicted octanol–water partition coefficient (Wildman–Crippen LogP) is 2.92. The Kier molecular flexibility index (Phi) is 4.39. The van der Waals surface area contributed by atoms with Gasteiger partial charge in [-0.1, -0.05) is 18.5 Å². The van der Waals surface area contributed by atoms with E-state index in [0.29, 0.717) is 34.5 Å². The minimum atomic E-state index is -0.664. The molecule has 2 rings (SSSR count). The molecule has 102 valence electrons. The van der Waals surface area contributed by atoms with Gasteiger partial charge in [-0.25, -0.2) is 0 Å². The van der Waals surface area contributed by atoms with Gasteiger partial charge in [-0.05, 0) is 25.1 Å². The minimum Gasteiger partial charge on any atom is -0.483 e. The Hall–Kier alpha value is -1.59. The summed E-state index contributed by atoms with van der Waals surface area (Å²) in [4.78, 5) is 0. The lowest BCUT2D eigenvalue weighted by molar-refractivity contribution is 0.187. The fourth-order valence-corrected chi connectivity index (χ4v) is 1.79. The van der Waals surface area contributed by atoms with Gasteiger partial charge in [0.25, 0.3) is 5.89 Å². The summed E-state index contributed by atoms with van der Waals surface area (Å²) in [7, 11) is 0. The smallest absolute Gasteiger partial charge is 0.253 e. The van der Waals surface area contributed by atoms with Crippen LogP contribution in [0.2, 0.25) is 5.02 Å². The summed E-state index contributed by atoms with van der Waals surface area (Å²) in [6.07, 6.45) is 0.0231. The summed E-state index contributed by atoms with van der Waals surface area (Å²) in [6, 6.07) is 5.09. The van der Waals surface area contributed by atoms with E-state index in [9.17, 15) is 5.11 Å². The molecule has 0 radical (unpaired) electrons. The number of aliphatic hydroxyl groups excluding tert-OH is 1. The zero-order chi connectivity index (χ0) is 13.8. The van der Waals surface area contributed by atoms with Crippen molar-refractivity contribution >= 4 is 11.6 Å². The highest BCUT2D eigenvalue weighted by atomic mass is 35.5. The van der Waals surface area contributed by atoms with Crippen molar-refractivity contribution in [1.82, 2.24) is 10.2 Å². The summed E-state index contributed by atoms with van der Waals surface area (Å²) in [6.45, 7) is 3.75. The van der Waals surface area contributed by atoms with Crippen LogP contribution < -0.4 is 4.74 Å². The molecule has 0 fully saturated rings. The van der Waals surface area contributed by atoms with Crippen LogP contribution in [0.3, 0.4) is 0 Å². The van der Waals surface area contributed by atoms with Gasteiger partial charge in [0.05, 0.1) is 6.10 Å². The number of aryl methyl sites for hydroxylation is 1. The van der Waals surface area contributed by atoms with Crippen LogP contribution in [0.5, 0.6) is 5.75 Å². The first-order chi connectivity index (χ1) is 9.10. The maximum Gasteiger partial charge on any atom is 0.253 e. The molecule has 0 amide bonds. The van der Waals surface area contributed by atoms with Crippen LogP contribution in [0.1, 0.15) is 37.3 Å². The van der Waals surface area contributed by atoms with Crippen LogP contribution in [0.15, 0.2) is 22.6 Å². The summed E-state index contributed by atoms with van der Waals surface area (Å²) < 4.78 is 10.9. The molecule has 1 atom stereocenters. The summed E-state index contributed by atoms with van der Waals surface area (Å²) in [5.74, 6) is 1.53. The van der Waals surface area contributed by atoms with Crippen LogP contribution in [-0.4, -0.2) is 15.3 Å². The monoisotopic (exact) mass is 282 g/mol. The lowest BCUT2D eigenvalue weighted by Gasteiger charge is -2.12. The second kappa shape index (κ2) is 6.04. The van der Waals surface area contributed by atoms with Crippen LogP contribution in [0.4, 0.5) is 0 Å². The van der Waals surface area contributed by atoms with E-state index in [1.165, 1.54) is 0 Å². The lowest BCUT2D eigenvalue weighted by Crippen LogP contribution is -2.01. The van der Waals surface area contributed by atoms with Crippen molar-refractivity contribution in [3.8, 4) is 5.75 Å². The highest BCUT2D eigenvalue weighted by Crippen LogP contribution is 2.28. The van der Waals surface area contributed by atoms with Crippen LogP contribution in [0.25, 0.3) is 0 Å². The van der Waals surface area contributed by atoms with Crippen LogP contribution in [0, 0.1) is 0 Å². The number of aromatic nitrogens is 2. The predicted molar refractivity (Wildman–Crippen MR) is 70.1 cm³/mol. The number of hydrogen-bond donors (Lipinski definition) is 1. The molecule has 2 aromatic rings. The average molecular weight is 283 g/mol. The minimum absolute atomic E-state index is 0.161. The zero-order valence-corrected chi connectivity index (χ0v) is 11.5. The van der Waals surface area contributed by atoms with E-state index < -0.39 is 6.10 Å². The molecule has 0 bridgehead atoms. The molecule has 0 aliphatic heterocycles. The van der Waals surface area contributed by atoms with Crippen LogP contribution >= 0.6 is 11.6 Å². The molecule has 0 aliphatic rings. The first-order valence-electron chi connectivity index (χ1n) is 6.01. The first-order valence-corrected chi connectivity index (χ1v) is 6.39. The highest BCUT2D eigenvalue weighted by Gasteiger charge is 2.12. The lowest BCUT2D eigenvalue weighted by atomic mass is 10.1. The molecule has 0 unspecified atom stereocenters. The second-order valence-corrected chi connectivity index (χ2v) is 4.53. The van der Waals surface area contributed by atoms with Crippen molar-refractivity contribution in [1.29, 1.82) is 0 Å². The van der Waals surface area contributed by atoms with Gasteiger partial charge in [0.2, 0.25) is 5.89 Å². The quantitative estimate of drug-likeness (QED) is 0.913. The first kappa shape index (κ1) is 13.8. The number of rotatable bonds is 5. The molecule has 1 aromatic carbocycles. The van der Waals surface area contributed by atoms with Gasteiger partial charge in [-0.3, -0.25) is 0 Å². The Morgan fingerprint density at radius 3 is 2.74 bits per heavy atom. The van der Waals surface area contributed by atoms with Crippen molar-refractivity contribution in [2.24, 2.45) is 0 Å². The number of ether oxygens (including phenoxy) is 1. The van der Waals surface area contributed by atoms with Gasteiger partial charge in [0, 0.05) is 17.0 Å². The Labute approximate surface area is 116 Å². The fraction of sp³-hybridized carbons (Fsp3) is 0.385. The van der Waals surface area contributed by atoms with E-state index in [1.807, 2.05) is 6.92 Å². The second-order valence-electron chi connectivity index (χ2n) is 4.09. The number of hydrogen-bond acceptors (Lipinski definition) is 5. The van der Waals surface area contributed by atoms with Crippen molar-refractivity contribution in [3.05, 3.63) is 40.6 Å². The normalized spacial score (nSPS) is 12.4. The number of aliphatic hydroxyl groups is 1. The number of halogens is 1. The Morgan fingerprint density at radius 2 is 2.11 bits per heavy atom. The Balaban J connectivity index is 2.10. The molecule has 6 heteroatoms. The highest BCUT2D eigenvalue weighted by molar-refractivity contribution is 6.30. The zero-order valence-electron chi connectivity index (χ0n) is 10.8. The van der Waals surface area contributed by atoms with Crippen molar-refractivity contribution in [2.75, 3.05) is 0 Å². The number of benzene rings is 1. The third-order valence-electron chi connectivity index (χ3n) is 2.58. The van der Waals surface area contributed by atoms with Gasteiger partial charge < -0.3 is 14.3 Å². The molecule has 0 aliphatic carbocycles. The van der Waals surface area contributed by atoms with Gasteiger partial charge in [-0.2, -0.15) is 0 Å². The summed E-state index contributed by atoms with van der Waals surface area (Å²) >= 11 is 5.89. The molecule has 0 saturated carbocycles. The van der Waals surface area contributed by atoms with Crippen molar-refractivity contribution < 1.29 is 14.3 Å². The van der Waals surface area contributed by atoms with E-state index in [0.717, 1.165) is 0 Å². The number of nitrogens with zero attached hydrogens (tertiary/aromatic N) is 2. The van der Waals surface area contributed by atoms with E-state index >= 15 is 0 Å². The fourth-order valence-electron chi connectivity index (χ4n) is 1.61. The molecule has 19 heavy (non-hydrogen) atoms. The topological polar surface area (TPSA) is 68.4 Å². The van der Waals surface area contributed by atoms with Gasteiger partial charge in [0.15, 0.2) is 6.61 Å². The van der Waals surface area contributed by atoms with E-state index in [1.54, 1.807) is 25.1 Å². The largest absolute Gasteiger partial charge is 0.483 e. The molecular formula is C13H15ClN2O3. The van der Waals surface area contributed by atoms with E-state index in [2.05, 4.69) is 10.2 Å². The molecule has 1 aromatic heterocycles. The van der Waals surface area contributed by atoms with E-state index in [-0.39, 0.29) is 6.61 Å².